The lowest BCUT2D eigenvalue weighted by atomic mass is 10.2. The Morgan fingerprint density at radius 3 is 2.53 bits per heavy atom. The van der Waals surface area contributed by atoms with E-state index in [2.05, 4.69) is 10.1 Å². The molecule has 0 saturated heterocycles. The molecule has 6 nitrogen and oxygen atoms in total. The van der Waals surface area contributed by atoms with Gasteiger partial charge in [-0.25, -0.2) is 18.9 Å². The van der Waals surface area contributed by atoms with Gasteiger partial charge in [-0.2, -0.15) is 5.10 Å². The fourth-order valence-electron chi connectivity index (χ4n) is 3.33. The Morgan fingerprint density at radius 2 is 1.81 bits per heavy atom. The Morgan fingerprint density at radius 1 is 1.09 bits per heavy atom. The number of aryl methyl sites for hydroxylation is 2. The van der Waals surface area contributed by atoms with Gasteiger partial charge in [0.05, 0.1) is 11.4 Å². The van der Waals surface area contributed by atoms with Crippen LogP contribution in [-0.2, 0) is 16.1 Å². The summed E-state index contributed by atoms with van der Waals surface area (Å²) < 4.78 is 26.0. The van der Waals surface area contributed by atoms with Crippen molar-refractivity contribution in [1.82, 2.24) is 14.8 Å². The quantitative estimate of drug-likeness (QED) is 0.304. The number of hydrogen-bond acceptors (Lipinski definition) is 5. The Hall–Kier alpha value is -4.00. The minimum atomic E-state index is -0.498. The zero-order valence-electron chi connectivity index (χ0n) is 18.0. The Kier molecular flexibility index (Phi) is 5.98. The first kappa shape index (κ1) is 21.2. The van der Waals surface area contributed by atoms with Gasteiger partial charge in [-0.3, -0.25) is 0 Å². The Labute approximate surface area is 185 Å². The van der Waals surface area contributed by atoms with E-state index < -0.39 is 5.97 Å². The summed E-state index contributed by atoms with van der Waals surface area (Å²) in [5, 5.41) is 4.49. The second-order valence-electron chi connectivity index (χ2n) is 7.30. The molecule has 2 heterocycles. The van der Waals surface area contributed by atoms with E-state index in [1.165, 1.54) is 18.2 Å². The van der Waals surface area contributed by atoms with E-state index in [1.54, 1.807) is 29.8 Å². The highest BCUT2D eigenvalue weighted by Gasteiger charge is 2.14. The minimum absolute atomic E-state index is 0.0120. The van der Waals surface area contributed by atoms with E-state index in [4.69, 9.17) is 9.15 Å². The van der Waals surface area contributed by atoms with Crippen molar-refractivity contribution in [1.29, 1.82) is 0 Å². The van der Waals surface area contributed by atoms with Gasteiger partial charge >= 0.3 is 5.97 Å². The van der Waals surface area contributed by atoms with Crippen molar-refractivity contribution in [3.05, 3.63) is 94.9 Å². The molecule has 0 bridgehead atoms. The van der Waals surface area contributed by atoms with Gasteiger partial charge < -0.3 is 9.15 Å². The molecule has 0 aliphatic rings. The molecular weight excluding hydrogens is 409 g/mol. The smallest absolute Gasteiger partial charge is 0.331 e. The zero-order chi connectivity index (χ0) is 22.7. The van der Waals surface area contributed by atoms with Gasteiger partial charge in [-0.1, -0.05) is 18.2 Å². The molecule has 2 aromatic heterocycles. The molecule has 0 spiro atoms. The van der Waals surface area contributed by atoms with Crippen molar-refractivity contribution in [2.24, 2.45) is 0 Å². The first-order valence-electron chi connectivity index (χ1n) is 10.1. The second kappa shape index (κ2) is 9.01. The van der Waals surface area contributed by atoms with Gasteiger partial charge in [0.2, 0.25) is 5.89 Å². The standard InChI is InChI=1S/C25H22FN3O3/c1-16-22(17(2)29(28-16)21-11-9-20(26)10-12-21)13-14-24(30)31-15-23-18(3)32-25(27-23)19-7-5-4-6-8-19/h4-14H,15H2,1-3H3/b14-13+. The molecule has 0 amide bonds. The SMILES string of the molecule is Cc1nn(-c2ccc(F)cc2)c(C)c1/C=C/C(=O)OCc1nc(-c2ccccc2)oc1C. The highest BCUT2D eigenvalue weighted by atomic mass is 19.1. The molecule has 4 rings (SSSR count). The van der Waals surface area contributed by atoms with E-state index in [9.17, 15) is 9.18 Å². The molecule has 4 aromatic rings. The van der Waals surface area contributed by atoms with Crippen LogP contribution in [0.3, 0.4) is 0 Å². The highest BCUT2D eigenvalue weighted by Crippen LogP contribution is 2.22. The monoisotopic (exact) mass is 431 g/mol. The van der Waals surface area contributed by atoms with E-state index in [-0.39, 0.29) is 12.4 Å². The maximum atomic E-state index is 13.2. The van der Waals surface area contributed by atoms with Crippen LogP contribution < -0.4 is 0 Å². The zero-order valence-corrected chi connectivity index (χ0v) is 18.0. The summed E-state index contributed by atoms with van der Waals surface area (Å²) in [7, 11) is 0. The number of hydrogen-bond donors (Lipinski definition) is 0. The predicted molar refractivity (Wildman–Crippen MR) is 119 cm³/mol. The molecule has 0 fully saturated rings. The van der Waals surface area contributed by atoms with Crippen LogP contribution in [0.15, 0.2) is 65.1 Å². The number of halogens is 1. The summed E-state index contributed by atoms with van der Waals surface area (Å²) in [5.74, 6) is 0.287. The van der Waals surface area contributed by atoms with Crippen LogP contribution in [-0.4, -0.2) is 20.7 Å². The average Bonchev–Trinajstić information content (AvgIpc) is 3.31. The average molecular weight is 431 g/mol. The molecule has 0 saturated carbocycles. The normalized spacial score (nSPS) is 11.2. The number of ether oxygens (including phenoxy) is 1. The van der Waals surface area contributed by atoms with Crippen molar-refractivity contribution in [3.8, 4) is 17.1 Å². The molecule has 0 radical (unpaired) electrons. The highest BCUT2D eigenvalue weighted by molar-refractivity contribution is 5.87. The van der Waals surface area contributed by atoms with Crippen LogP contribution in [0.2, 0.25) is 0 Å². The largest absolute Gasteiger partial charge is 0.456 e. The lowest BCUT2D eigenvalue weighted by Gasteiger charge is -2.04. The molecule has 0 aliphatic carbocycles. The summed E-state index contributed by atoms with van der Waals surface area (Å²) >= 11 is 0. The number of carbonyl (C=O) groups is 1. The summed E-state index contributed by atoms with van der Waals surface area (Å²) in [4.78, 5) is 16.7. The lowest BCUT2D eigenvalue weighted by Crippen LogP contribution is -2.02. The van der Waals surface area contributed by atoms with E-state index in [0.717, 1.165) is 28.2 Å². The van der Waals surface area contributed by atoms with Crippen LogP contribution in [0, 0.1) is 26.6 Å². The summed E-state index contributed by atoms with van der Waals surface area (Å²) in [6.07, 6.45) is 3.03. The third-order valence-corrected chi connectivity index (χ3v) is 5.07. The molecule has 32 heavy (non-hydrogen) atoms. The van der Waals surface area contributed by atoms with Crippen LogP contribution in [0.4, 0.5) is 4.39 Å². The minimum Gasteiger partial charge on any atom is -0.456 e. The van der Waals surface area contributed by atoms with Crippen molar-refractivity contribution in [2.45, 2.75) is 27.4 Å². The van der Waals surface area contributed by atoms with Crippen LogP contribution in [0.25, 0.3) is 23.2 Å². The van der Waals surface area contributed by atoms with Gasteiger partial charge in [0.15, 0.2) is 0 Å². The Balaban J connectivity index is 1.43. The molecule has 2 aromatic carbocycles. The molecule has 0 aliphatic heterocycles. The first-order chi connectivity index (χ1) is 15.4. The maximum absolute atomic E-state index is 13.2. The number of esters is 1. The summed E-state index contributed by atoms with van der Waals surface area (Å²) in [5.41, 5.74) is 4.55. The molecule has 0 atom stereocenters. The first-order valence-corrected chi connectivity index (χ1v) is 10.1. The van der Waals surface area contributed by atoms with E-state index in [0.29, 0.717) is 17.3 Å². The van der Waals surface area contributed by atoms with Crippen molar-refractivity contribution in [3.63, 3.8) is 0 Å². The summed E-state index contributed by atoms with van der Waals surface area (Å²) in [6, 6.07) is 15.6. The molecular formula is C25H22FN3O3. The van der Waals surface area contributed by atoms with Crippen LogP contribution in [0.1, 0.15) is 28.4 Å². The molecule has 162 valence electrons. The Bertz CT molecular complexity index is 1270. The topological polar surface area (TPSA) is 70.2 Å². The van der Waals surface area contributed by atoms with Crippen LogP contribution in [0.5, 0.6) is 0 Å². The maximum Gasteiger partial charge on any atom is 0.331 e. The van der Waals surface area contributed by atoms with Crippen LogP contribution >= 0.6 is 0 Å². The number of rotatable bonds is 6. The molecule has 0 N–H and O–H groups in total. The third-order valence-electron chi connectivity index (χ3n) is 5.07. The fraction of sp³-hybridized carbons (Fsp3) is 0.160. The fourth-order valence-corrected chi connectivity index (χ4v) is 3.33. The lowest BCUT2D eigenvalue weighted by molar-refractivity contribution is -0.139. The second-order valence-corrected chi connectivity index (χ2v) is 7.30. The molecule has 0 unspecified atom stereocenters. The van der Waals surface area contributed by atoms with Gasteiger partial charge in [-0.05, 0) is 63.2 Å². The third kappa shape index (κ3) is 4.51. The number of carbonyl (C=O) groups excluding carboxylic acids is 1. The van der Waals surface area contributed by atoms with Gasteiger partial charge in [0.25, 0.3) is 0 Å². The number of aromatic nitrogens is 3. The molecule has 7 heteroatoms. The van der Waals surface area contributed by atoms with E-state index in [1.807, 2.05) is 44.2 Å². The van der Waals surface area contributed by atoms with Crippen molar-refractivity contribution < 1.29 is 18.3 Å². The van der Waals surface area contributed by atoms with Gasteiger partial charge in [-0.15, -0.1) is 0 Å². The number of nitrogens with zero attached hydrogens (tertiary/aromatic N) is 3. The summed E-state index contributed by atoms with van der Waals surface area (Å²) in [6.45, 7) is 5.53. The van der Waals surface area contributed by atoms with Gasteiger partial charge in [0.1, 0.15) is 23.9 Å². The number of benzene rings is 2. The number of oxazole rings is 1. The van der Waals surface area contributed by atoms with Gasteiger partial charge in [0, 0.05) is 22.9 Å². The predicted octanol–water partition coefficient (Wildman–Crippen LogP) is 5.35. The van der Waals surface area contributed by atoms with Crippen molar-refractivity contribution in [2.75, 3.05) is 0 Å². The van der Waals surface area contributed by atoms with E-state index >= 15 is 0 Å². The van der Waals surface area contributed by atoms with Crippen molar-refractivity contribution >= 4 is 12.0 Å².